The third-order valence-electron chi connectivity index (χ3n) is 3.80. The van der Waals surface area contributed by atoms with E-state index >= 15 is 0 Å². The molecule has 0 amide bonds. The predicted octanol–water partition coefficient (Wildman–Crippen LogP) is 4.16. The molecular formula is C16H15ClFNO2S. The van der Waals surface area contributed by atoms with Crippen LogP contribution in [-0.2, 0) is 22.9 Å². The number of nitrogens with one attached hydrogen (secondary N) is 1. The minimum atomic E-state index is -3.83. The first kappa shape index (κ1) is 15.3. The predicted molar refractivity (Wildman–Crippen MR) is 85.3 cm³/mol. The Bertz CT molecular complexity index is 821. The summed E-state index contributed by atoms with van der Waals surface area (Å²) in [7, 11) is -3.83. The number of sulfonamides is 1. The van der Waals surface area contributed by atoms with Gasteiger partial charge in [0.15, 0.2) is 0 Å². The summed E-state index contributed by atoms with van der Waals surface area (Å²) in [5, 5.41) is 0.268. The molecule has 0 saturated carbocycles. The van der Waals surface area contributed by atoms with Crippen LogP contribution in [0.25, 0.3) is 0 Å². The Morgan fingerprint density at radius 1 is 1.00 bits per heavy atom. The van der Waals surface area contributed by atoms with Gasteiger partial charge in [-0.25, -0.2) is 12.8 Å². The highest BCUT2D eigenvalue weighted by Crippen LogP contribution is 2.26. The van der Waals surface area contributed by atoms with Crippen molar-refractivity contribution in [1.82, 2.24) is 0 Å². The van der Waals surface area contributed by atoms with Crippen molar-refractivity contribution in [2.45, 2.75) is 30.6 Å². The summed E-state index contributed by atoms with van der Waals surface area (Å²) in [5.74, 6) is -0.661. The smallest absolute Gasteiger partial charge is 0.261 e. The minimum Gasteiger partial charge on any atom is -0.277 e. The number of anilines is 1. The highest BCUT2D eigenvalue weighted by Gasteiger charge is 2.19. The summed E-state index contributed by atoms with van der Waals surface area (Å²) in [6, 6.07) is 8.85. The Balaban J connectivity index is 1.94. The van der Waals surface area contributed by atoms with Crippen LogP contribution < -0.4 is 4.72 Å². The molecule has 0 radical (unpaired) electrons. The highest BCUT2D eigenvalue weighted by molar-refractivity contribution is 7.92. The molecule has 1 aliphatic carbocycles. The molecule has 1 N–H and O–H groups in total. The van der Waals surface area contributed by atoms with Gasteiger partial charge in [-0.3, -0.25) is 4.72 Å². The van der Waals surface area contributed by atoms with Gasteiger partial charge in [0.05, 0.1) is 10.6 Å². The molecule has 0 saturated heterocycles. The zero-order valence-electron chi connectivity index (χ0n) is 11.8. The van der Waals surface area contributed by atoms with E-state index in [-0.39, 0.29) is 15.6 Å². The molecule has 116 valence electrons. The van der Waals surface area contributed by atoms with Crippen LogP contribution in [0.4, 0.5) is 10.1 Å². The standard InChI is InChI=1S/C16H15ClFNO2S/c17-13-6-8-15(18)16(10-13)19-22(20,21)14-7-5-11-3-1-2-4-12(11)9-14/h5-10,19H,1-4H2. The van der Waals surface area contributed by atoms with E-state index in [1.807, 2.05) is 6.07 Å². The molecule has 3 nitrogen and oxygen atoms in total. The van der Waals surface area contributed by atoms with E-state index in [0.717, 1.165) is 37.3 Å². The van der Waals surface area contributed by atoms with Crippen LogP contribution in [0.2, 0.25) is 5.02 Å². The second-order valence-electron chi connectivity index (χ2n) is 5.37. The van der Waals surface area contributed by atoms with Crippen molar-refractivity contribution in [2.24, 2.45) is 0 Å². The van der Waals surface area contributed by atoms with Gasteiger partial charge in [-0.2, -0.15) is 0 Å². The first-order valence-corrected chi connectivity index (χ1v) is 8.91. The Labute approximate surface area is 134 Å². The van der Waals surface area contributed by atoms with Crippen LogP contribution in [0.15, 0.2) is 41.3 Å². The molecule has 0 heterocycles. The average molecular weight is 340 g/mol. The Hall–Kier alpha value is -1.59. The molecule has 0 spiro atoms. The minimum absolute atomic E-state index is 0.146. The summed E-state index contributed by atoms with van der Waals surface area (Å²) >= 11 is 5.79. The van der Waals surface area contributed by atoms with Gasteiger partial charge in [-0.05, 0) is 67.1 Å². The van der Waals surface area contributed by atoms with E-state index in [0.29, 0.717) is 0 Å². The second kappa shape index (κ2) is 5.89. The number of aryl methyl sites for hydroxylation is 2. The number of halogens is 2. The number of hydrogen-bond acceptors (Lipinski definition) is 2. The van der Waals surface area contributed by atoms with Crippen LogP contribution in [0, 0.1) is 5.82 Å². The van der Waals surface area contributed by atoms with Gasteiger partial charge < -0.3 is 0 Å². The lowest BCUT2D eigenvalue weighted by molar-refractivity contribution is 0.598. The van der Waals surface area contributed by atoms with Crippen LogP contribution in [0.5, 0.6) is 0 Å². The van der Waals surface area contributed by atoms with Gasteiger partial charge in [0.1, 0.15) is 5.82 Å². The first-order chi connectivity index (χ1) is 10.5. The first-order valence-electron chi connectivity index (χ1n) is 7.05. The Morgan fingerprint density at radius 2 is 1.73 bits per heavy atom. The SMILES string of the molecule is O=S(=O)(Nc1cc(Cl)ccc1F)c1ccc2c(c1)CCCC2. The third-order valence-corrected chi connectivity index (χ3v) is 5.40. The molecule has 0 aliphatic heterocycles. The van der Waals surface area contributed by atoms with Gasteiger partial charge in [-0.1, -0.05) is 17.7 Å². The van der Waals surface area contributed by atoms with Crippen LogP contribution >= 0.6 is 11.6 Å². The Kier molecular flexibility index (Phi) is 4.10. The zero-order chi connectivity index (χ0) is 15.7. The molecule has 0 unspecified atom stereocenters. The maximum absolute atomic E-state index is 13.7. The van der Waals surface area contributed by atoms with Gasteiger partial charge >= 0.3 is 0 Å². The van der Waals surface area contributed by atoms with Crippen molar-refractivity contribution in [3.8, 4) is 0 Å². The van der Waals surface area contributed by atoms with Gasteiger partial charge in [0.25, 0.3) is 10.0 Å². The fourth-order valence-electron chi connectivity index (χ4n) is 2.66. The van der Waals surface area contributed by atoms with E-state index in [1.165, 1.54) is 17.7 Å². The number of fused-ring (bicyclic) bond motifs is 1. The van der Waals surface area contributed by atoms with Crippen molar-refractivity contribution in [2.75, 3.05) is 4.72 Å². The van der Waals surface area contributed by atoms with Crippen LogP contribution in [-0.4, -0.2) is 8.42 Å². The topological polar surface area (TPSA) is 46.2 Å². The van der Waals surface area contributed by atoms with Crippen molar-refractivity contribution >= 4 is 27.3 Å². The van der Waals surface area contributed by atoms with E-state index in [1.54, 1.807) is 12.1 Å². The third kappa shape index (κ3) is 3.10. The molecule has 0 bridgehead atoms. The Morgan fingerprint density at radius 3 is 2.50 bits per heavy atom. The fraction of sp³-hybridized carbons (Fsp3) is 0.250. The molecule has 2 aromatic rings. The number of rotatable bonds is 3. The second-order valence-corrected chi connectivity index (χ2v) is 7.49. The van der Waals surface area contributed by atoms with E-state index < -0.39 is 15.8 Å². The molecule has 2 aromatic carbocycles. The molecule has 0 fully saturated rings. The maximum atomic E-state index is 13.7. The van der Waals surface area contributed by atoms with Gasteiger partial charge in [-0.15, -0.1) is 0 Å². The molecular weight excluding hydrogens is 325 g/mol. The van der Waals surface area contributed by atoms with Gasteiger partial charge in [0, 0.05) is 5.02 Å². The highest BCUT2D eigenvalue weighted by atomic mass is 35.5. The fourth-order valence-corrected chi connectivity index (χ4v) is 3.94. The average Bonchev–Trinajstić information content (AvgIpc) is 2.50. The van der Waals surface area contributed by atoms with Crippen molar-refractivity contribution < 1.29 is 12.8 Å². The van der Waals surface area contributed by atoms with E-state index in [9.17, 15) is 12.8 Å². The monoisotopic (exact) mass is 339 g/mol. The molecule has 0 aromatic heterocycles. The summed E-state index contributed by atoms with van der Waals surface area (Å²) in [4.78, 5) is 0.146. The molecule has 3 rings (SSSR count). The summed E-state index contributed by atoms with van der Waals surface area (Å²) in [6.07, 6.45) is 4.05. The quantitative estimate of drug-likeness (QED) is 0.912. The molecule has 1 aliphatic rings. The lowest BCUT2D eigenvalue weighted by Gasteiger charge is -2.17. The number of benzene rings is 2. The number of hydrogen-bond donors (Lipinski definition) is 1. The summed E-state index contributed by atoms with van der Waals surface area (Å²) in [5.41, 5.74) is 2.10. The maximum Gasteiger partial charge on any atom is 0.261 e. The van der Waals surface area contributed by atoms with E-state index in [2.05, 4.69) is 4.72 Å². The van der Waals surface area contributed by atoms with Crippen LogP contribution in [0.1, 0.15) is 24.0 Å². The largest absolute Gasteiger partial charge is 0.277 e. The molecule has 6 heteroatoms. The van der Waals surface area contributed by atoms with Crippen molar-refractivity contribution in [3.05, 3.63) is 58.4 Å². The van der Waals surface area contributed by atoms with Gasteiger partial charge in [0.2, 0.25) is 0 Å². The lowest BCUT2D eigenvalue weighted by Crippen LogP contribution is -2.15. The molecule has 22 heavy (non-hydrogen) atoms. The van der Waals surface area contributed by atoms with Crippen molar-refractivity contribution in [3.63, 3.8) is 0 Å². The summed E-state index contributed by atoms with van der Waals surface area (Å²) in [6.45, 7) is 0. The lowest BCUT2D eigenvalue weighted by atomic mass is 9.92. The summed E-state index contributed by atoms with van der Waals surface area (Å²) < 4.78 is 40.8. The van der Waals surface area contributed by atoms with Crippen molar-refractivity contribution in [1.29, 1.82) is 0 Å². The zero-order valence-corrected chi connectivity index (χ0v) is 13.3. The normalized spacial score (nSPS) is 14.5. The van der Waals surface area contributed by atoms with Crippen LogP contribution in [0.3, 0.4) is 0 Å². The van der Waals surface area contributed by atoms with E-state index in [4.69, 9.17) is 11.6 Å². The molecule has 0 atom stereocenters.